The molecule has 3 unspecified atom stereocenters. The van der Waals surface area contributed by atoms with Gasteiger partial charge in [0.05, 0.1) is 22.9 Å². The van der Waals surface area contributed by atoms with Crippen molar-refractivity contribution in [1.82, 2.24) is 10.3 Å². The van der Waals surface area contributed by atoms with Gasteiger partial charge in [-0.3, -0.25) is 10.1 Å². The predicted octanol–water partition coefficient (Wildman–Crippen LogP) is 6.04. The number of pyridine rings is 1. The number of aliphatic hydroxyl groups excluding tert-OH is 1. The highest BCUT2D eigenvalue weighted by atomic mass is 35.5. The number of rotatable bonds is 7. The average molecular weight is 529 g/mol. The Morgan fingerprint density at radius 2 is 1.97 bits per heavy atom. The minimum absolute atomic E-state index is 0.0531. The standard InChI is InChI=1S/C27H29ClN2O3S2/c28-20-9-4-5-10-22(20)35-25-21(31)15-27(30-26(25)32,19-13-14-34-17-19)23-11-6-12-24(29-23)33-16-18-7-2-1-3-8-18/h4-6,9-14,17-18,25-26,30,32H,1-3,7-8,15-16H2. The molecule has 0 bridgehead atoms. The summed E-state index contributed by atoms with van der Waals surface area (Å²) in [5.74, 6) is 1.07. The molecule has 3 heterocycles. The first-order chi connectivity index (χ1) is 17.0. The first-order valence-corrected chi connectivity index (χ1v) is 14.3. The third kappa shape index (κ3) is 5.44. The minimum Gasteiger partial charge on any atom is -0.477 e. The number of Topliss-reactive ketones (excluding diaryl/α,β-unsaturated/α-hetero) is 1. The van der Waals surface area contributed by atoms with Crippen LogP contribution in [0.25, 0.3) is 0 Å². The van der Waals surface area contributed by atoms with Crippen molar-refractivity contribution in [2.24, 2.45) is 5.92 Å². The molecule has 3 atom stereocenters. The molecule has 0 amide bonds. The van der Waals surface area contributed by atoms with Gasteiger partial charge >= 0.3 is 0 Å². The van der Waals surface area contributed by atoms with E-state index in [1.165, 1.54) is 43.9 Å². The number of nitrogens with zero attached hydrogens (tertiary/aromatic N) is 1. The molecule has 2 N–H and O–H groups in total. The van der Waals surface area contributed by atoms with E-state index in [1.807, 2.05) is 53.2 Å². The molecular weight excluding hydrogens is 500 g/mol. The van der Waals surface area contributed by atoms with Gasteiger partial charge in [-0.2, -0.15) is 11.3 Å². The van der Waals surface area contributed by atoms with E-state index in [1.54, 1.807) is 17.4 Å². The molecule has 2 fully saturated rings. The predicted molar refractivity (Wildman–Crippen MR) is 141 cm³/mol. The Hall–Kier alpha value is -1.90. The van der Waals surface area contributed by atoms with Gasteiger partial charge in [0.25, 0.3) is 0 Å². The molecule has 1 aliphatic carbocycles. The summed E-state index contributed by atoms with van der Waals surface area (Å²) >= 11 is 9.16. The number of hydrogen-bond donors (Lipinski definition) is 2. The fourth-order valence-corrected chi connectivity index (χ4v) is 7.04. The topological polar surface area (TPSA) is 71.5 Å². The Labute approximate surface area is 219 Å². The molecule has 5 rings (SSSR count). The van der Waals surface area contributed by atoms with Crippen molar-refractivity contribution in [3.63, 3.8) is 0 Å². The van der Waals surface area contributed by atoms with Crippen LogP contribution < -0.4 is 10.1 Å². The van der Waals surface area contributed by atoms with Crippen molar-refractivity contribution in [3.05, 3.63) is 75.6 Å². The second-order valence-electron chi connectivity index (χ2n) is 9.29. The van der Waals surface area contributed by atoms with Crippen molar-refractivity contribution in [1.29, 1.82) is 0 Å². The lowest BCUT2D eigenvalue weighted by molar-refractivity contribution is -0.125. The molecule has 1 saturated heterocycles. The van der Waals surface area contributed by atoms with Gasteiger partial charge in [-0.1, -0.05) is 49.1 Å². The van der Waals surface area contributed by atoms with Crippen molar-refractivity contribution in [2.45, 2.75) is 60.4 Å². The molecule has 2 aliphatic rings. The lowest BCUT2D eigenvalue weighted by Crippen LogP contribution is -2.60. The Bertz CT molecular complexity index is 1150. The zero-order valence-corrected chi connectivity index (χ0v) is 21.7. The van der Waals surface area contributed by atoms with Crippen LogP contribution in [0.15, 0.2) is 64.2 Å². The summed E-state index contributed by atoms with van der Waals surface area (Å²) in [6.07, 6.45) is 5.33. The van der Waals surface area contributed by atoms with Gasteiger partial charge in [0.15, 0.2) is 5.78 Å². The second-order valence-corrected chi connectivity index (χ2v) is 11.7. The summed E-state index contributed by atoms with van der Waals surface area (Å²) in [7, 11) is 0. The molecule has 1 saturated carbocycles. The van der Waals surface area contributed by atoms with Gasteiger partial charge < -0.3 is 9.84 Å². The van der Waals surface area contributed by atoms with Crippen LogP contribution in [0.5, 0.6) is 5.88 Å². The van der Waals surface area contributed by atoms with Crippen LogP contribution in [0.2, 0.25) is 5.02 Å². The number of aliphatic hydroxyl groups is 1. The van der Waals surface area contributed by atoms with E-state index < -0.39 is 17.0 Å². The number of piperidine rings is 1. The van der Waals surface area contributed by atoms with E-state index in [0.29, 0.717) is 29.1 Å². The summed E-state index contributed by atoms with van der Waals surface area (Å²) in [6, 6.07) is 15.0. The van der Waals surface area contributed by atoms with E-state index in [2.05, 4.69) is 5.32 Å². The molecule has 3 aromatic rings. The van der Waals surface area contributed by atoms with Gasteiger partial charge in [-0.05, 0) is 59.3 Å². The number of carbonyl (C=O) groups excluding carboxylic acids is 1. The maximum Gasteiger partial charge on any atom is 0.213 e. The van der Waals surface area contributed by atoms with Crippen molar-refractivity contribution in [2.75, 3.05) is 6.61 Å². The van der Waals surface area contributed by atoms with Crippen molar-refractivity contribution >= 4 is 40.5 Å². The van der Waals surface area contributed by atoms with Crippen LogP contribution in [-0.2, 0) is 10.3 Å². The summed E-state index contributed by atoms with van der Waals surface area (Å²) < 4.78 is 6.10. The Kier molecular flexibility index (Phi) is 7.80. The van der Waals surface area contributed by atoms with E-state index in [9.17, 15) is 9.90 Å². The molecule has 1 aliphatic heterocycles. The number of halogens is 1. The van der Waals surface area contributed by atoms with E-state index in [0.717, 1.165) is 10.5 Å². The summed E-state index contributed by atoms with van der Waals surface area (Å²) in [4.78, 5) is 19.1. The van der Waals surface area contributed by atoms with Gasteiger partial charge in [0.1, 0.15) is 11.5 Å². The molecule has 184 valence electrons. The molecule has 0 spiro atoms. The minimum atomic E-state index is -1.08. The first kappa shape index (κ1) is 24.8. The van der Waals surface area contributed by atoms with Gasteiger partial charge in [-0.25, -0.2) is 4.98 Å². The summed E-state index contributed by atoms with van der Waals surface area (Å²) in [6.45, 7) is 0.660. The quantitative estimate of drug-likeness (QED) is 0.389. The van der Waals surface area contributed by atoms with E-state index in [-0.39, 0.29) is 12.2 Å². The fourth-order valence-electron chi connectivity index (χ4n) is 5.02. The van der Waals surface area contributed by atoms with E-state index >= 15 is 0 Å². The smallest absolute Gasteiger partial charge is 0.213 e. The number of hydrogen-bond acceptors (Lipinski definition) is 7. The highest BCUT2D eigenvalue weighted by Gasteiger charge is 2.48. The normalized spacial score (nSPS) is 25.5. The number of benzene rings is 1. The molecule has 2 aromatic heterocycles. The largest absolute Gasteiger partial charge is 0.477 e. The highest BCUT2D eigenvalue weighted by Crippen LogP contribution is 2.42. The lowest BCUT2D eigenvalue weighted by atomic mass is 9.79. The zero-order chi connectivity index (χ0) is 24.3. The number of thiophene rings is 1. The molecular formula is C27H29ClN2O3S2. The van der Waals surface area contributed by atoms with Crippen molar-refractivity contribution < 1.29 is 14.6 Å². The van der Waals surface area contributed by atoms with Gasteiger partial charge in [0.2, 0.25) is 5.88 Å². The van der Waals surface area contributed by atoms with Gasteiger partial charge in [0, 0.05) is 17.4 Å². The van der Waals surface area contributed by atoms with Crippen LogP contribution in [0.1, 0.15) is 49.8 Å². The van der Waals surface area contributed by atoms with Crippen LogP contribution >= 0.6 is 34.7 Å². The zero-order valence-electron chi connectivity index (χ0n) is 19.4. The van der Waals surface area contributed by atoms with Crippen LogP contribution in [0, 0.1) is 5.92 Å². The molecule has 1 aromatic carbocycles. The SMILES string of the molecule is O=C1CC(c2ccsc2)(c2cccc(OCC3CCCCC3)n2)NC(O)C1Sc1ccccc1Cl. The van der Waals surface area contributed by atoms with E-state index in [4.69, 9.17) is 21.3 Å². The third-order valence-electron chi connectivity index (χ3n) is 6.89. The first-order valence-electron chi connectivity index (χ1n) is 12.1. The van der Waals surface area contributed by atoms with Gasteiger partial charge in [-0.15, -0.1) is 11.8 Å². The summed E-state index contributed by atoms with van der Waals surface area (Å²) in [5, 5.41) is 18.4. The molecule has 0 radical (unpaired) electrons. The Morgan fingerprint density at radius 3 is 2.71 bits per heavy atom. The van der Waals surface area contributed by atoms with Crippen LogP contribution in [0.4, 0.5) is 0 Å². The number of ketones is 1. The number of nitrogens with one attached hydrogen (secondary N) is 1. The van der Waals surface area contributed by atoms with Crippen molar-refractivity contribution in [3.8, 4) is 5.88 Å². The fraction of sp³-hybridized carbons (Fsp3) is 0.407. The van der Waals surface area contributed by atoms with Crippen LogP contribution in [0.3, 0.4) is 0 Å². The van der Waals surface area contributed by atoms with Crippen LogP contribution in [-0.4, -0.2) is 34.0 Å². The number of thioether (sulfide) groups is 1. The lowest BCUT2D eigenvalue weighted by Gasteiger charge is -2.42. The molecule has 5 nitrogen and oxygen atoms in total. The monoisotopic (exact) mass is 528 g/mol. The Morgan fingerprint density at radius 1 is 1.14 bits per heavy atom. The highest BCUT2D eigenvalue weighted by molar-refractivity contribution is 8.00. The number of ether oxygens (including phenoxy) is 1. The maximum atomic E-state index is 13.5. The maximum absolute atomic E-state index is 13.5. The molecule has 8 heteroatoms. The Balaban J connectivity index is 1.40. The second kappa shape index (κ2) is 11.0. The third-order valence-corrected chi connectivity index (χ3v) is 9.40. The summed E-state index contributed by atoms with van der Waals surface area (Å²) in [5.41, 5.74) is 0.650. The number of aromatic nitrogens is 1. The number of carbonyl (C=O) groups is 1. The molecule has 35 heavy (non-hydrogen) atoms. The average Bonchev–Trinajstić information content (AvgIpc) is 3.42.